The number of benzene rings is 2. The summed E-state index contributed by atoms with van der Waals surface area (Å²) in [4.78, 5) is 0. The van der Waals surface area contributed by atoms with Crippen LogP contribution in [-0.4, -0.2) is 23.8 Å². The number of rotatable bonds is 6. The van der Waals surface area contributed by atoms with Gasteiger partial charge in [-0.15, -0.1) is 0 Å². The second-order valence-electron chi connectivity index (χ2n) is 7.23. The zero-order valence-electron chi connectivity index (χ0n) is 17.5. The van der Waals surface area contributed by atoms with Gasteiger partial charge in [0.05, 0.1) is 25.4 Å². The molecule has 30 heavy (non-hydrogen) atoms. The molecule has 2 aromatic heterocycles. The summed E-state index contributed by atoms with van der Waals surface area (Å²) in [5, 5.41) is 8.21. The van der Waals surface area contributed by atoms with Gasteiger partial charge < -0.3 is 14.8 Å². The third-order valence-electron chi connectivity index (χ3n) is 5.11. The van der Waals surface area contributed by atoms with E-state index in [2.05, 4.69) is 24.4 Å². The first-order chi connectivity index (χ1) is 14.5. The lowest BCUT2D eigenvalue weighted by Gasteiger charge is -2.12. The van der Waals surface area contributed by atoms with Crippen molar-refractivity contribution in [2.24, 2.45) is 0 Å². The third-order valence-corrected chi connectivity index (χ3v) is 5.11. The van der Waals surface area contributed by atoms with Gasteiger partial charge in [-0.05, 0) is 66.9 Å². The monoisotopic (exact) mass is 405 g/mol. The Hall–Kier alpha value is -3.54. The smallest absolute Gasteiger partial charge is 0.161 e. The van der Waals surface area contributed by atoms with Gasteiger partial charge in [0, 0.05) is 12.1 Å². The first kappa shape index (κ1) is 19.8. The molecule has 0 unspecified atom stereocenters. The Morgan fingerprint density at radius 1 is 0.933 bits per heavy atom. The van der Waals surface area contributed by atoms with Crippen LogP contribution in [0.5, 0.6) is 11.5 Å². The number of aryl methyl sites for hydroxylation is 2. The van der Waals surface area contributed by atoms with Gasteiger partial charge in [-0.3, -0.25) is 0 Å². The zero-order valence-corrected chi connectivity index (χ0v) is 17.5. The van der Waals surface area contributed by atoms with E-state index >= 15 is 0 Å². The van der Waals surface area contributed by atoms with Crippen LogP contribution in [0.4, 0.5) is 10.2 Å². The summed E-state index contributed by atoms with van der Waals surface area (Å²) in [5.74, 6) is 2.01. The van der Waals surface area contributed by atoms with Crippen molar-refractivity contribution in [3.8, 4) is 22.6 Å². The van der Waals surface area contributed by atoms with E-state index in [-0.39, 0.29) is 5.82 Å². The first-order valence-electron chi connectivity index (χ1n) is 9.71. The molecule has 0 aliphatic rings. The average molecular weight is 405 g/mol. The standard InChI is InChI=1S/C24H24FN3O2/c1-15-11-20-24(18-7-10-21(29-3)22(13-18)30-4)16(2)27-28(20)23(12-15)26-14-17-5-8-19(25)9-6-17/h5-13,26H,14H2,1-4H3. The fraction of sp³-hybridized carbons (Fsp3) is 0.208. The van der Waals surface area contributed by atoms with Crippen molar-refractivity contribution < 1.29 is 13.9 Å². The summed E-state index contributed by atoms with van der Waals surface area (Å²) in [6, 6.07) is 16.6. The molecule has 1 N–H and O–H groups in total. The fourth-order valence-corrected chi connectivity index (χ4v) is 3.67. The van der Waals surface area contributed by atoms with Gasteiger partial charge in [-0.25, -0.2) is 8.91 Å². The molecule has 0 bridgehead atoms. The SMILES string of the molecule is COc1ccc(-c2c(C)nn3c(NCc4ccc(F)cc4)cc(C)cc23)cc1OC. The number of hydrogen-bond donors (Lipinski definition) is 1. The number of ether oxygens (including phenoxy) is 2. The van der Waals surface area contributed by atoms with E-state index in [9.17, 15) is 4.39 Å². The molecular formula is C24H24FN3O2. The number of fused-ring (bicyclic) bond motifs is 1. The second-order valence-corrected chi connectivity index (χ2v) is 7.23. The van der Waals surface area contributed by atoms with E-state index in [0.717, 1.165) is 39.3 Å². The van der Waals surface area contributed by atoms with Crippen LogP contribution in [0.3, 0.4) is 0 Å². The molecule has 0 fully saturated rings. The van der Waals surface area contributed by atoms with Crippen molar-refractivity contribution in [1.82, 2.24) is 9.61 Å². The summed E-state index contributed by atoms with van der Waals surface area (Å²) in [6.07, 6.45) is 0. The van der Waals surface area contributed by atoms with Crippen LogP contribution in [0.15, 0.2) is 54.6 Å². The zero-order chi connectivity index (χ0) is 21.3. The van der Waals surface area contributed by atoms with Crippen molar-refractivity contribution in [2.75, 3.05) is 19.5 Å². The number of nitrogens with one attached hydrogen (secondary N) is 1. The van der Waals surface area contributed by atoms with E-state index in [1.807, 2.05) is 29.6 Å². The molecule has 0 aliphatic heterocycles. The van der Waals surface area contributed by atoms with Gasteiger partial charge in [0.2, 0.25) is 0 Å². The molecule has 6 heteroatoms. The van der Waals surface area contributed by atoms with Gasteiger partial charge in [-0.2, -0.15) is 5.10 Å². The molecule has 0 amide bonds. The largest absolute Gasteiger partial charge is 0.493 e. The summed E-state index contributed by atoms with van der Waals surface area (Å²) in [6.45, 7) is 4.63. The lowest BCUT2D eigenvalue weighted by Crippen LogP contribution is -2.05. The van der Waals surface area contributed by atoms with Crippen molar-refractivity contribution in [1.29, 1.82) is 0 Å². The highest BCUT2D eigenvalue weighted by atomic mass is 19.1. The van der Waals surface area contributed by atoms with Gasteiger partial charge in [0.15, 0.2) is 11.5 Å². The number of halogens is 1. The van der Waals surface area contributed by atoms with E-state index in [1.54, 1.807) is 26.4 Å². The lowest BCUT2D eigenvalue weighted by molar-refractivity contribution is 0.355. The Balaban J connectivity index is 1.76. The van der Waals surface area contributed by atoms with Crippen LogP contribution in [0.2, 0.25) is 0 Å². The van der Waals surface area contributed by atoms with Gasteiger partial charge in [0.25, 0.3) is 0 Å². The molecule has 0 saturated carbocycles. The highest BCUT2D eigenvalue weighted by Gasteiger charge is 2.16. The molecule has 0 atom stereocenters. The highest BCUT2D eigenvalue weighted by molar-refractivity contribution is 5.85. The number of pyridine rings is 1. The minimum absolute atomic E-state index is 0.237. The number of anilines is 1. The molecule has 4 aromatic rings. The molecule has 154 valence electrons. The first-order valence-corrected chi connectivity index (χ1v) is 9.71. The normalized spacial score (nSPS) is 11.0. The predicted octanol–water partition coefficient (Wildman–Crippen LogP) is 5.39. The molecule has 2 heterocycles. The maximum atomic E-state index is 13.2. The molecule has 0 spiro atoms. The van der Waals surface area contributed by atoms with Crippen molar-refractivity contribution in [3.63, 3.8) is 0 Å². The Kier molecular flexibility index (Phi) is 5.31. The van der Waals surface area contributed by atoms with Crippen LogP contribution >= 0.6 is 0 Å². The summed E-state index contributed by atoms with van der Waals surface area (Å²) >= 11 is 0. The molecule has 0 aliphatic carbocycles. The summed E-state index contributed by atoms with van der Waals surface area (Å²) in [7, 11) is 3.26. The minimum Gasteiger partial charge on any atom is -0.493 e. The van der Waals surface area contributed by atoms with E-state index in [0.29, 0.717) is 18.0 Å². The Morgan fingerprint density at radius 3 is 2.37 bits per heavy atom. The van der Waals surface area contributed by atoms with Crippen LogP contribution in [-0.2, 0) is 6.54 Å². The van der Waals surface area contributed by atoms with Crippen LogP contribution in [0.1, 0.15) is 16.8 Å². The third kappa shape index (κ3) is 3.68. The molecule has 4 rings (SSSR count). The van der Waals surface area contributed by atoms with Crippen LogP contribution < -0.4 is 14.8 Å². The van der Waals surface area contributed by atoms with Crippen LogP contribution in [0, 0.1) is 19.7 Å². The quantitative estimate of drug-likeness (QED) is 0.467. The van der Waals surface area contributed by atoms with Crippen molar-refractivity contribution in [3.05, 3.63) is 77.2 Å². The molecule has 2 aromatic carbocycles. The average Bonchev–Trinajstić information content (AvgIpc) is 3.08. The maximum Gasteiger partial charge on any atom is 0.161 e. The highest BCUT2D eigenvalue weighted by Crippen LogP contribution is 2.36. The minimum atomic E-state index is -0.237. The lowest BCUT2D eigenvalue weighted by atomic mass is 10.0. The molecule has 0 radical (unpaired) electrons. The van der Waals surface area contributed by atoms with Gasteiger partial charge in [-0.1, -0.05) is 18.2 Å². The Bertz CT molecular complexity index is 1200. The van der Waals surface area contributed by atoms with Gasteiger partial charge >= 0.3 is 0 Å². The van der Waals surface area contributed by atoms with E-state index in [1.165, 1.54) is 12.1 Å². The summed E-state index contributed by atoms with van der Waals surface area (Å²) < 4.78 is 25.9. The number of aromatic nitrogens is 2. The Labute approximate surface area is 175 Å². The van der Waals surface area contributed by atoms with E-state index < -0.39 is 0 Å². The van der Waals surface area contributed by atoms with E-state index in [4.69, 9.17) is 14.6 Å². The number of hydrogen-bond acceptors (Lipinski definition) is 4. The van der Waals surface area contributed by atoms with Crippen molar-refractivity contribution >= 4 is 11.3 Å². The molecule has 5 nitrogen and oxygen atoms in total. The molecular weight excluding hydrogens is 381 g/mol. The van der Waals surface area contributed by atoms with Crippen LogP contribution in [0.25, 0.3) is 16.6 Å². The predicted molar refractivity (Wildman–Crippen MR) is 117 cm³/mol. The van der Waals surface area contributed by atoms with Gasteiger partial charge in [0.1, 0.15) is 11.6 Å². The van der Waals surface area contributed by atoms with Crippen molar-refractivity contribution in [2.45, 2.75) is 20.4 Å². The topological polar surface area (TPSA) is 47.8 Å². The second kappa shape index (κ2) is 8.06. The fourth-order valence-electron chi connectivity index (χ4n) is 3.67. The Morgan fingerprint density at radius 2 is 1.67 bits per heavy atom. The maximum absolute atomic E-state index is 13.2. The number of methoxy groups -OCH3 is 2. The molecule has 0 saturated heterocycles. The number of nitrogens with zero attached hydrogens (tertiary/aromatic N) is 2. The summed E-state index contributed by atoms with van der Waals surface area (Å²) in [5.41, 5.74) is 6.08.